The zero-order valence-corrected chi connectivity index (χ0v) is 14.1. The van der Waals surface area contributed by atoms with Crippen LogP contribution >= 0.6 is 0 Å². The summed E-state index contributed by atoms with van der Waals surface area (Å²) < 4.78 is 13.1. The molecule has 3 rings (SSSR count). The second-order valence-corrected chi connectivity index (χ2v) is 5.71. The van der Waals surface area contributed by atoms with Crippen molar-refractivity contribution in [3.8, 4) is 5.75 Å². The molecule has 0 saturated heterocycles. The highest BCUT2D eigenvalue weighted by Gasteiger charge is 2.09. The molecule has 3 aromatic rings. The minimum atomic E-state index is -0.569. The number of rotatable bonds is 5. The van der Waals surface area contributed by atoms with Gasteiger partial charge >= 0.3 is 0 Å². The molecule has 0 aliphatic rings. The smallest absolute Gasteiger partial charge is 0.259 e. The van der Waals surface area contributed by atoms with Crippen LogP contribution in [0.15, 0.2) is 65.8 Å². The number of hydrazone groups is 1. The van der Waals surface area contributed by atoms with Crippen molar-refractivity contribution in [2.75, 3.05) is 6.54 Å². The van der Waals surface area contributed by atoms with Crippen LogP contribution in [0.4, 0.5) is 4.39 Å². The fourth-order valence-corrected chi connectivity index (χ4v) is 2.52. The van der Waals surface area contributed by atoms with Gasteiger partial charge in [-0.3, -0.25) is 9.59 Å². The number of aromatic hydroxyl groups is 1. The number of hydrogen-bond acceptors (Lipinski definition) is 4. The molecule has 2 amide bonds. The van der Waals surface area contributed by atoms with Gasteiger partial charge in [-0.2, -0.15) is 5.10 Å². The minimum Gasteiger partial charge on any atom is -0.507 e. The molecule has 27 heavy (non-hydrogen) atoms. The number of carbonyl (C=O) groups is 2. The van der Waals surface area contributed by atoms with Gasteiger partial charge in [0, 0.05) is 11.1 Å². The fourth-order valence-electron chi connectivity index (χ4n) is 2.52. The molecule has 0 spiro atoms. The van der Waals surface area contributed by atoms with Crippen molar-refractivity contribution in [3.63, 3.8) is 0 Å². The first-order valence-electron chi connectivity index (χ1n) is 8.11. The predicted molar refractivity (Wildman–Crippen MR) is 100 cm³/mol. The Balaban J connectivity index is 1.60. The first kappa shape index (κ1) is 18.1. The van der Waals surface area contributed by atoms with Gasteiger partial charge in [-0.1, -0.05) is 36.4 Å². The predicted octanol–water partition coefficient (Wildman–Crippen LogP) is 2.56. The lowest BCUT2D eigenvalue weighted by atomic mass is 10.0. The van der Waals surface area contributed by atoms with Crippen LogP contribution in [-0.4, -0.2) is 29.7 Å². The van der Waals surface area contributed by atoms with Crippen molar-refractivity contribution >= 4 is 28.8 Å². The van der Waals surface area contributed by atoms with Crippen LogP contribution in [0.1, 0.15) is 15.9 Å². The number of amides is 2. The second kappa shape index (κ2) is 8.09. The maximum absolute atomic E-state index is 13.1. The molecule has 0 aromatic heterocycles. The lowest BCUT2D eigenvalue weighted by Crippen LogP contribution is -2.34. The Morgan fingerprint density at radius 3 is 2.70 bits per heavy atom. The maximum Gasteiger partial charge on any atom is 0.259 e. The van der Waals surface area contributed by atoms with Gasteiger partial charge in [-0.25, -0.2) is 9.82 Å². The minimum absolute atomic E-state index is 0.0334. The highest BCUT2D eigenvalue weighted by molar-refractivity contribution is 6.02. The van der Waals surface area contributed by atoms with Crippen LogP contribution in [0, 0.1) is 5.82 Å². The maximum atomic E-state index is 13.1. The van der Waals surface area contributed by atoms with Crippen LogP contribution in [0.2, 0.25) is 0 Å². The number of carbonyl (C=O) groups excluding carboxylic acids is 2. The van der Waals surface area contributed by atoms with Crippen LogP contribution in [-0.2, 0) is 4.79 Å². The molecule has 0 radical (unpaired) electrons. The van der Waals surface area contributed by atoms with E-state index in [1.54, 1.807) is 12.1 Å². The van der Waals surface area contributed by atoms with Gasteiger partial charge in [0.05, 0.1) is 12.8 Å². The first-order chi connectivity index (χ1) is 13.0. The van der Waals surface area contributed by atoms with E-state index in [9.17, 15) is 19.1 Å². The van der Waals surface area contributed by atoms with E-state index in [1.165, 1.54) is 24.4 Å². The molecule has 0 fully saturated rings. The van der Waals surface area contributed by atoms with Crippen LogP contribution in [0.5, 0.6) is 5.75 Å². The summed E-state index contributed by atoms with van der Waals surface area (Å²) in [6.45, 7) is -0.325. The number of phenolic OH excluding ortho intramolecular Hbond substituents is 1. The Morgan fingerprint density at radius 1 is 1.07 bits per heavy atom. The third-order valence-electron chi connectivity index (χ3n) is 3.83. The van der Waals surface area contributed by atoms with E-state index in [2.05, 4.69) is 15.8 Å². The standard InChI is InChI=1S/C20H16FN3O3/c21-15-6-3-5-14(10-15)20(27)22-12-19(26)24-23-11-17-16-7-2-1-4-13(16)8-9-18(17)25/h1-11,25H,12H2,(H,22,27)(H,24,26). The topological polar surface area (TPSA) is 90.8 Å². The van der Waals surface area contributed by atoms with E-state index < -0.39 is 17.6 Å². The quantitative estimate of drug-likeness (QED) is 0.479. The summed E-state index contributed by atoms with van der Waals surface area (Å²) in [5, 5.41) is 17.9. The van der Waals surface area contributed by atoms with Crippen molar-refractivity contribution in [1.82, 2.24) is 10.7 Å². The van der Waals surface area contributed by atoms with E-state index in [4.69, 9.17) is 0 Å². The number of nitrogens with one attached hydrogen (secondary N) is 2. The lowest BCUT2D eigenvalue weighted by molar-refractivity contribution is -0.120. The number of hydrogen-bond donors (Lipinski definition) is 3. The Hall–Kier alpha value is -3.74. The molecule has 3 N–H and O–H groups in total. The molecule has 0 heterocycles. The summed E-state index contributed by atoms with van der Waals surface area (Å²) in [6.07, 6.45) is 1.34. The molecule has 3 aromatic carbocycles. The monoisotopic (exact) mass is 365 g/mol. The van der Waals surface area contributed by atoms with Gasteiger partial charge in [0.1, 0.15) is 11.6 Å². The van der Waals surface area contributed by atoms with Crippen molar-refractivity contribution in [3.05, 3.63) is 77.6 Å². The van der Waals surface area contributed by atoms with Gasteiger partial charge in [0.25, 0.3) is 11.8 Å². The Morgan fingerprint density at radius 2 is 1.89 bits per heavy atom. The van der Waals surface area contributed by atoms with E-state index in [1.807, 2.05) is 24.3 Å². The van der Waals surface area contributed by atoms with Gasteiger partial charge in [0.2, 0.25) is 0 Å². The molecule has 0 saturated carbocycles. The molecule has 136 valence electrons. The van der Waals surface area contributed by atoms with Crippen molar-refractivity contribution in [2.45, 2.75) is 0 Å². The molecule has 7 heteroatoms. The molecule has 0 unspecified atom stereocenters. The molecule has 0 aliphatic heterocycles. The second-order valence-electron chi connectivity index (χ2n) is 5.71. The Labute approximate surface area is 154 Å². The van der Waals surface area contributed by atoms with E-state index >= 15 is 0 Å². The summed E-state index contributed by atoms with van der Waals surface area (Å²) in [5.74, 6) is -1.63. The summed E-state index contributed by atoms with van der Waals surface area (Å²) >= 11 is 0. The van der Waals surface area contributed by atoms with Crippen molar-refractivity contribution < 1.29 is 19.1 Å². The van der Waals surface area contributed by atoms with Crippen molar-refractivity contribution in [1.29, 1.82) is 0 Å². The molecule has 0 aliphatic carbocycles. The summed E-state index contributed by atoms with van der Waals surface area (Å²) in [6, 6.07) is 15.9. The largest absolute Gasteiger partial charge is 0.507 e. The van der Waals surface area contributed by atoms with E-state index in [0.717, 1.165) is 16.8 Å². The lowest BCUT2D eigenvalue weighted by Gasteiger charge is -2.06. The highest BCUT2D eigenvalue weighted by Crippen LogP contribution is 2.25. The third-order valence-corrected chi connectivity index (χ3v) is 3.83. The fraction of sp³-hybridized carbons (Fsp3) is 0.0500. The molecular formula is C20H16FN3O3. The van der Waals surface area contributed by atoms with Crippen molar-refractivity contribution in [2.24, 2.45) is 5.10 Å². The number of halogens is 1. The van der Waals surface area contributed by atoms with E-state index in [-0.39, 0.29) is 17.9 Å². The molecular weight excluding hydrogens is 349 g/mol. The summed E-state index contributed by atoms with van der Waals surface area (Å²) in [4.78, 5) is 23.7. The number of benzene rings is 3. The average Bonchev–Trinajstić information content (AvgIpc) is 2.68. The normalized spacial score (nSPS) is 10.9. The number of nitrogens with zero attached hydrogens (tertiary/aromatic N) is 1. The van der Waals surface area contributed by atoms with Crippen LogP contribution in [0.3, 0.4) is 0 Å². The average molecular weight is 365 g/mol. The Bertz CT molecular complexity index is 1030. The van der Waals surface area contributed by atoms with Gasteiger partial charge in [-0.05, 0) is 35.0 Å². The van der Waals surface area contributed by atoms with Gasteiger partial charge in [0.15, 0.2) is 0 Å². The molecule has 6 nitrogen and oxygen atoms in total. The zero-order chi connectivity index (χ0) is 19.2. The Kier molecular flexibility index (Phi) is 5.41. The summed E-state index contributed by atoms with van der Waals surface area (Å²) in [7, 11) is 0. The number of phenols is 1. The highest BCUT2D eigenvalue weighted by atomic mass is 19.1. The third kappa shape index (κ3) is 4.46. The van der Waals surface area contributed by atoms with Gasteiger partial charge < -0.3 is 10.4 Å². The first-order valence-corrected chi connectivity index (χ1v) is 8.11. The molecule has 0 atom stereocenters. The zero-order valence-electron chi connectivity index (χ0n) is 14.1. The van der Waals surface area contributed by atoms with Gasteiger partial charge in [-0.15, -0.1) is 0 Å². The SMILES string of the molecule is O=C(CNC(=O)c1cccc(F)c1)NN=Cc1c(O)ccc2ccccc12. The van der Waals surface area contributed by atoms with Crippen LogP contribution in [0.25, 0.3) is 10.8 Å². The molecule has 0 bridgehead atoms. The summed E-state index contributed by atoms with van der Waals surface area (Å²) in [5.41, 5.74) is 2.86. The van der Waals surface area contributed by atoms with E-state index in [0.29, 0.717) is 5.56 Å². The van der Waals surface area contributed by atoms with Crippen LogP contribution < -0.4 is 10.7 Å². The number of fused-ring (bicyclic) bond motifs is 1.